The fourth-order valence-corrected chi connectivity index (χ4v) is 3.69. The molecule has 0 amide bonds. The van der Waals surface area contributed by atoms with Crippen LogP contribution in [0, 0.1) is 0 Å². The van der Waals surface area contributed by atoms with E-state index in [0.717, 1.165) is 29.8 Å². The first-order valence-electron chi connectivity index (χ1n) is 10.8. The summed E-state index contributed by atoms with van der Waals surface area (Å²) >= 11 is 0. The number of nitrogens with one attached hydrogen (secondary N) is 1. The van der Waals surface area contributed by atoms with Gasteiger partial charge >= 0.3 is 0 Å². The van der Waals surface area contributed by atoms with Crippen molar-refractivity contribution in [2.24, 2.45) is 0 Å². The molecule has 0 bridgehead atoms. The molecule has 0 aliphatic heterocycles. The molecular weight excluding hydrogens is 400 g/mol. The van der Waals surface area contributed by atoms with Crippen LogP contribution in [0.3, 0.4) is 0 Å². The van der Waals surface area contributed by atoms with Crippen molar-refractivity contribution in [1.29, 1.82) is 0 Å². The van der Waals surface area contributed by atoms with Crippen LogP contribution in [0.1, 0.15) is 29.2 Å². The number of benzene rings is 3. The van der Waals surface area contributed by atoms with Gasteiger partial charge in [0.2, 0.25) is 0 Å². The summed E-state index contributed by atoms with van der Waals surface area (Å²) in [4.78, 5) is 6.82. The summed E-state index contributed by atoms with van der Waals surface area (Å²) in [6.45, 7) is 2.10. The van der Waals surface area contributed by atoms with Gasteiger partial charge in [-0.15, -0.1) is 0 Å². The Balaban J connectivity index is 1.42. The van der Waals surface area contributed by atoms with Crippen LogP contribution in [0.15, 0.2) is 91.0 Å². The van der Waals surface area contributed by atoms with Gasteiger partial charge in [-0.05, 0) is 36.7 Å². The van der Waals surface area contributed by atoms with E-state index in [2.05, 4.69) is 20.1 Å². The van der Waals surface area contributed by atoms with Crippen LogP contribution in [-0.4, -0.2) is 45.4 Å². The third kappa shape index (κ3) is 5.04. The van der Waals surface area contributed by atoms with Crippen LogP contribution in [0.25, 0.3) is 0 Å². The molecule has 32 heavy (non-hydrogen) atoms. The van der Waals surface area contributed by atoms with Gasteiger partial charge in [-0.2, -0.15) is 5.10 Å². The zero-order chi connectivity index (χ0) is 22.2. The number of para-hydroxylation sites is 1. The molecule has 6 heteroatoms. The van der Waals surface area contributed by atoms with Crippen LogP contribution in [0.2, 0.25) is 0 Å². The van der Waals surface area contributed by atoms with Crippen molar-refractivity contribution in [3.63, 3.8) is 0 Å². The van der Waals surface area contributed by atoms with E-state index >= 15 is 0 Å². The Labute approximate surface area is 188 Å². The number of hydrogen-bond acceptors (Lipinski definition) is 5. The molecule has 0 fully saturated rings. The fraction of sp³-hybridized carbons (Fsp3) is 0.231. The Morgan fingerprint density at radius 2 is 1.44 bits per heavy atom. The Bertz CT molecular complexity index is 1050. The van der Waals surface area contributed by atoms with Gasteiger partial charge in [0.25, 0.3) is 0 Å². The molecule has 0 radical (unpaired) electrons. The summed E-state index contributed by atoms with van der Waals surface area (Å²) in [5.74, 6) is 1.93. The smallest absolute Gasteiger partial charge is 0.191 e. The fourth-order valence-electron chi connectivity index (χ4n) is 3.69. The molecule has 0 aliphatic rings. The minimum absolute atomic E-state index is 0.339. The molecule has 0 aliphatic carbocycles. The topological polar surface area (TPSA) is 74.3 Å². The normalized spacial score (nSPS) is 11.6. The summed E-state index contributed by atoms with van der Waals surface area (Å²) in [7, 11) is 2.03. The van der Waals surface area contributed by atoms with E-state index in [0.29, 0.717) is 24.8 Å². The number of hydrogen-bond donors (Lipinski definition) is 2. The molecule has 1 aromatic heterocycles. The molecule has 1 heterocycles. The molecule has 164 valence electrons. The van der Waals surface area contributed by atoms with E-state index < -0.39 is 5.60 Å². The lowest BCUT2D eigenvalue weighted by Crippen LogP contribution is -2.30. The first-order chi connectivity index (χ1) is 15.7. The van der Waals surface area contributed by atoms with Crippen LogP contribution in [-0.2, 0) is 12.1 Å². The highest BCUT2D eigenvalue weighted by Gasteiger charge is 2.37. The summed E-state index contributed by atoms with van der Waals surface area (Å²) in [6.07, 6.45) is 0.893. The van der Waals surface area contributed by atoms with E-state index in [1.807, 2.05) is 98.0 Å². The highest BCUT2D eigenvalue weighted by Crippen LogP contribution is 2.34. The second kappa shape index (κ2) is 10.2. The monoisotopic (exact) mass is 428 g/mol. The van der Waals surface area contributed by atoms with E-state index in [1.54, 1.807) is 0 Å². The van der Waals surface area contributed by atoms with Gasteiger partial charge in [0, 0.05) is 6.54 Å². The molecule has 0 atom stereocenters. The van der Waals surface area contributed by atoms with Crippen molar-refractivity contribution in [3.05, 3.63) is 114 Å². The van der Waals surface area contributed by atoms with Crippen molar-refractivity contribution in [3.8, 4) is 5.75 Å². The van der Waals surface area contributed by atoms with E-state index in [1.165, 1.54) is 0 Å². The van der Waals surface area contributed by atoms with Crippen LogP contribution < -0.4 is 4.74 Å². The highest BCUT2D eigenvalue weighted by molar-refractivity contribution is 5.42. The van der Waals surface area contributed by atoms with Gasteiger partial charge < -0.3 is 9.84 Å². The number of aliphatic hydroxyl groups is 1. The van der Waals surface area contributed by atoms with Gasteiger partial charge in [0.1, 0.15) is 11.6 Å². The number of nitrogens with zero attached hydrogens (tertiary/aromatic N) is 3. The van der Waals surface area contributed by atoms with Crippen LogP contribution in [0.4, 0.5) is 0 Å². The number of aromatic nitrogens is 3. The molecule has 2 N–H and O–H groups in total. The van der Waals surface area contributed by atoms with Crippen molar-refractivity contribution in [1.82, 2.24) is 20.1 Å². The van der Waals surface area contributed by atoms with E-state index in [-0.39, 0.29) is 0 Å². The summed E-state index contributed by atoms with van der Waals surface area (Å²) in [5, 5.41) is 19.2. The number of H-pyrrole nitrogens is 1. The maximum atomic E-state index is 11.8. The Morgan fingerprint density at radius 3 is 2.03 bits per heavy atom. The zero-order valence-corrected chi connectivity index (χ0v) is 18.2. The third-order valence-electron chi connectivity index (χ3n) is 5.35. The summed E-state index contributed by atoms with van der Waals surface area (Å²) in [5.41, 5.74) is 0.0191. The predicted octanol–water partition coefficient (Wildman–Crippen LogP) is 3.99. The first kappa shape index (κ1) is 21.7. The van der Waals surface area contributed by atoms with Crippen LogP contribution in [0.5, 0.6) is 5.75 Å². The maximum Gasteiger partial charge on any atom is 0.191 e. The highest BCUT2D eigenvalue weighted by atomic mass is 16.5. The number of rotatable bonds is 10. The standard InChI is InChI=1S/C26H28N4O2/c1-30(18-11-19-32-23-16-9-4-10-17-23)20-24-27-25(29-28-24)26(31,21-12-5-2-6-13-21)22-14-7-3-8-15-22/h2-10,12-17,31H,11,18-20H2,1H3,(H,27,28,29). The predicted molar refractivity (Wildman–Crippen MR) is 124 cm³/mol. The first-order valence-corrected chi connectivity index (χ1v) is 10.8. The number of ether oxygens (including phenoxy) is 1. The minimum Gasteiger partial charge on any atom is -0.494 e. The second-order valence-electron chi connectivity index (χ2n) is 7.80. The molecule has 6 nitrogen and oxygen atoms in total. The lowest BCUT2D eigenvalue weighted by molar-refractivity contribution is 0.116. The van der Waals surface area contributed by atoms with E-state index in [4.69, 9.17) is 4.74 Å². The molecule has 0 spiro atoms. The van der Waals surface area contributed by atoms with Gasteiger partial charge in [-0.3, -0.25) is 10.00 Å². The maximum absolute atomic E-state index is 11.8. The van der Waals surface area contributed by atoms with Crippen molar-refractivity contribution < 1.29 is 9.84 Å². The van der Waals surface area contributed by atoms with Gasteiger partial charge in [-0.1, -0.05) is 78.9 Å². The quantitative estimate of drug-likeness (QED) is 0.374. The second-order valence-corrected chi connectivity index (χ2v) is 7.80. The Hall–Kier alpha value is -3.48. The molecule has 0 saturated carbocycles. The van der Waals surface area contributed by atoms with Gasteiger partial charge in [-0.25, -0.2) is 4.98 Å². The summed E-state index contributed by atoms with van der Waals surface area (Å²) < 4.78 is 5.76. The molecular formula is C26H28N4O2. The van der Waals surface area contributed by atoms with Gasteiger partial charge in [0.15, 0.2) is 11.4 Å². The van der Waals surface area contributed by atoms with Crippen molar-refractivity contribution in [2.45, 2.75) is 18.6 Å². The molecule has 0 saturated heterocycles. The Kier molecular flexibility index (Phi) is 6.94. The molecule has 4 rings (SSSR count). The van der Waals surface area contributed by atoms with Gasteiger partial charge in [0.05, 0.1) is 13.2 Å². The van der Waals surface area contributed by atoms with E-state index in [9.17, 15) is 5.11 Å². The minimum atomic E-state index is -1.43. The molecule has 3 aromatic carbocycles. The zero-order valence-electron chi connectivity index (χ0n) is 18.2. The average Bonchev–Trinajstić information content (AvgIpc) is 3.32. The SMILES string of the molecule is CN(CCCOc1ccccc1)Cc1nc(C(O)(c2ccccc2)c2ccccc2)n[nH]1. The Morgan fingerprint density at radius 1 is 0.875 bits per heavy atom. The largest absolute Gasteiger partial charge is 0.494 e. The lowest BCUT2D eigenvalue weighted by Gasteiger charge is -2.26. The molecule has 0 unspecified atom stereocenters. The lowest BCUT2D eigenvalue weighted by atomic mass is 9.85. The van der Waals surface area contributed by atoms with Crippen LogP contribution >= 0.6 is 0 Å². The number of aromatic amines is 1. The van der Waals surface area contributed by atoms with Crippen molar-refractivity contribution >= 4 is 0 Å². The summed E-state index contributed by atoms with van der Waals surface area (Å²) in [6, 6.07) is 28.9. The molecule has 4 aromatic rings. The third-order valence-corrected chi connectivity index (χ3v) is 5.35. The average molecular weight is 429 g/mol. The van der Waals surface area contributed by atoms with Crippen molar-refractivity contribution in [2.75, 3.05) is 20.2 Å².